The molecular weight excluding hydrogens is 493 g/mol. The van der Waals surface area contributed by atoms with Crippen LogP contribution in [-0.4, -0.2) is 24.5 Å². The van der Waals surface area contributed by atoms with Crippen LogP contribution in [0.5, 0.6) is 0 Å². The van der Waals surface area contributed by atoms with Gasteiger partial charge in [0.2, 0.25) is 0 Å². The van der Waals surface area contributed by atoms with Gasteiger partial charge in [-0.25, -0.2) is 4.79 Å². The number of aliphatic hydroxyl groups is 1. The first-order valence-electron chi connectivity index (χ1n) is 9.86. The largest absolute Gasteiger partial charge is 0.396 e. The molecule has 156 valence electrons. The second-order valence-corrected chi connectivity index (χ2v) is 9.92. The van der Waals surface area contributed by atoms with E-state index in [1.165, 1.54) is 4.57 Å². The normalized spacial score (nSPS) is 13.0. The van der Waals surface area contributed by atoms with Crippen LogP contribution in [-0.2, 0) is 20.1 Å². The number of hydrogen-bond donors (Lipinski definition) is 1. The van der Waals surface area contributed by atoms with Crippen LogP contribution in [0.25, 0.3) is 0 Å². The monoisotopic (exact) mass is 517 g/mol. The summed E-state index contributed by atoms with van der Waals surface area (Å²) in [5.74, 6) is 0. The topological polar surface area (TPSA) is 67.5 Å². The number of aromatic nitrogens is 2. The molecule has 1 N–H and O–H groups in total. The van der Waals surface area contributed by atoms with Crippen LogP contribution in [0, 0.1) is 10.6 Å². The number of aliphatic hydroxyl groups excluding tert-OH is 1. The fourth-order valence-corrected chi connectivity index (χ4v) is 6.80. The molecule has 30 heavy (non-hydrogen) atoms. The van der Waals surface area contributed by atoms with Crippen molar-refractivity contribution in [1.82, 2.24) is 9.13 Å². The summed E-state index contributed by atoms with van der Waals surface area (Å²) in [6.07, 6.45) is 0.371. The summed E-state index contributed by atoms with van der Waals surface area (Å²) in [4.78, 5) is 28.4. The lowest BCUT2D eigenvalue weighted by Crippen LogP contribution is -2.43. The van der Waals surface area contributed by atoms with Gasteiger partial charge in [-0.1, -0.05) is 54.1 Å². The minimum atomic E-state index is -0.712. The molecule has 0 spiro atoms. The molecule has 0 saturated carbocycles. The van der Waals surface area contributed by atoms with Gasteiger partial charge >= 0.3 is 5.69 Å². The van der Waals surface area contributed by atoms with Crippen molar-refractivity contribution in [2.24, 2.45) is 7.05 Å². The minimum absolute atomic E-state index is 0.0615. The first-order valence-corrected chi connectivity index (χ1v) is 12.0. The number of anilines is 1. The third kappa shape index (κ3) is 3.79. The average molecular weight is 517 g/mol. The SMILES string of the molecule is Cc1cccc(C2=Ic3c(c(=O)n(CCCO)c(=O)n3C)N2Cc2ccccc2)c1. The molecule has 6 nitrogen and oxygen atoms in total. The van der Waals surface area contributed by atoms with Gasteiger partial charge in [0.15, 0.2) is 0 Å². The maximum atomic E-state index is 13.4. The van der Waals surface area contributed by atoms with Gasteiger partial charge in [0.05, 0.1) is 3.63 Å². The van der Waals surface area contributed by atoms with Crippen LogP contribution in [0.1, 0.15) is 23.1 Å². The summed E-state index contributed by atoms with van der Waals surface area (Å²) in [5.41, 5.74) is 3.40. The van der Waals surface area contributed by atoms with Crippen LogP contribution in [0.2, 0.25) is 0 Å². The quantitative estimate of drug-likeness (QED) is 0.404. The van der Waals surface area contributed by atoms with Gasteiger partial charge < -0.3 is 10.0 Å². The number of aryl methyl sites for hydroxylation is 1. The van der Waals surface area contributed by atoms with Crippen molar-refractivity contribution in [3.8, 4) is 0 Å². The number of rotatable bonds is 6. The lowest BCUT2D eigenvalue weighted by atomic mass is 10.1. The van der Waals surface area contributed by atoms with Crippen LogP contribution in [0.4, 0.5) is 5.69 Å². The molecule has 1 aliphatic rings. The zero-order valence-corrected chi connectivity index (χ0v) is 19.2. The zero-order chi connectivity index (χ0) is 21.3. The number of fused-ring (bicyclic) bond motifs is 1. The lowest BCUT2D eigenvalue weighted by Gasteiger charge is -2.24. The Morgan fingerprint density at radius 1 is 1.03 bits per heavy atom. The van der Waals surface area contributed by atoms with E-state index in [0.29, 0.717) is 18.7 Å². The summed E-state index contributed by atoms with van der Waals surface area (Å²) in [6.45, 7) is 2.79. The molecule has 4 rings (SSSR count). The van der Waals surface area contributed by atoms with Gasteiger partial charge in [-0.15, -0.1) is 0 Å². The maximum Gasteiger partial charge on any atom is 0.331 e. The molecule has 2 heterocycles. The highest BCUT2D eigenvalue weighted by Crippen LogP contribution is 2.35. The van der Waals surface area contributed by atoms with Crippen molar-refractivity contribution in [2.45, 2.75) is 26.4 Å². The smallest absolute Gasteiger partial charge is 0.331 e. The van der Waals surface area contributed by atoms with Gasteiger partial charge in [0, 0.05) is 32.3 Å². The Morgan fingerprint density at radius 2 is 1.80 bits per heavy atom. The third-order valence-electron chi connectivity index (χ3n) is 5.12. The summed E-state index contributed by atoms with van der Waals surface area (Å²) < 4.78 is 4.86. The van der Waals surface area contributed by atoms with Gasteiger partial charge in [-0.3, -0.25) is 13.9 Å². The highest BCUT2D eigenvalue weighted by Gasteiger charge is 2.31. The van der Waals surface area contributed by atoms with Gasteiger partial charge in [-0.05, 0) is 45.7 Å². The summed E-state index contributed by atoms with van der Waals surface area (Å²) in [7, 11) is 1.75. The predicted octanol–water partition coefficient (Wildman–Crippen LogP) is 2.58. The fraction of sp³-hybridized carbons (Fsp3) is 0.261. The third-order valence-corrected chi connectivity index (χ3v) is 8.58. The first kappa shape index (κ1) is 20.7. The van der Waals surface area contributed by atoms with E-state index < -0.39 is 20.7 Å². The number of benzene rings is 2. The van der Waals surface area contributed by atoms with E-state index in [2.05, 4.69) is 42.2 Å². The van der Waals surface area contributed by atoms with Gasteiger partial charge in [-0.2, -0.15) is 0 Å². The Labute approximate surface area is 184 Å². The van der Waals surface area contributed by atoms with Crippen LogP contribution < -0.4 is 16.1 Å². The van der Waals surface area contributed by atoms with E-state index in [1.807, 2.05) is 24.3 Å². The predicted molar refractivity (Wildman–Crippen MR) is 128 cm³/mol. The highest BCUT2D eigenvalue weighted by molar-refractivity contribution is 14.2. The Bertz CT molecular complexity index is 1230. The lowest BCUT2D eigenvalue weighted by molar-refractivity contribution is 0.277. The number of hydrogen-bond acceptors (Lipinski definition) is 4. The second kappa shape index (κ2) is 8.69. The fourth-order valence-electron chi connectivity index (χ4n) is 3.62. The van der Waals surface area contributed by atoms with Crippen molar-refractivity contribution in [1.29, 1.82) is 0 Å². The molecule has 7 heteroatoms. The van der Waals surface area contributed by atoms with E-state index in [9.17, 15) is 14.7 Å². The molecule has 1 aliphatic heterocycles. The average Bonchev–Trinajstić information content (AvgIpc) is 3.12. The molecule has 0 atom stereocenters. The molecule has 0 unspecified atom stereocenters. The molecule has 1 aromatic heterocycles. The van der Waals surface area contributed by atoms with E-state index in [1.54, 1.807) is 11.6 Å². The molecule has 2 aromatic carbocycles. The number of halogens is 1. The molecule has 0 amide bonds. The first-order chi connectivity index (χ1) is 14.5. The summed E-state index contributed by atoms with van der Waals surface area (Å²) in [5, 5.41) is 9.20. The molecule has 0 saturated heterocycles. The van der Waals surface area contributed by atoms with Crippen LogP contribution >= 0.6 is 20.7 Å². The van der Waals surface area contributed by atoms with Crippen molar-refractivity contribution in [3.63, 3.8) is 0 Å². The van der Waals surface area contributed by atoms with E-state index in [4.69, 9.17) is 0 Å². The molecule has 0 radical (unpaired) electrons. The van der Waals surface area contributed by atoms with E-state index in [-0.39, 0.29) is 24.4 Å². The Morgan fingerprint density at radius 3 is 2.50 bits per heavy atom. The molecule has 0 fully saturated rings. The molecule has 0 bridgehead atoms. The standard InChI is InChI=1S/C23H24IN3O3/c1-16-8-6-11-18(14-16)20-24-21-19(27(20)15-17-9-4-3-5-10-17)22(29)26(12-7-13-28)23(30)25(21)2/h3-6,8-11,14,28H,7,12-13,15H2,1-2H3. The van der Waals surface area contributed by atoms with Gasteiger partial charge in [0.1, 0.15) is 9.39 Å². The Balaban J connectivity index is 1.91. The highest BCUT2D eigenvalue weighted by atomic mass is 127. The summed E-state index contributed by atoms with van der Waals surface area (Å²) in [6, 6.07) is 18.4. The van der Waals surface area contributed by atoms with Crippen molar-refractivity contribution in [2.75, 3.05) is 11.5 Å². The van der Waals surface area contributed by atoms with Crippen molar-refractivity contribution < 1.29 is 5.11 Å². The summed E-state index contributed by atoms with van der Waals surface area (Å²) >= 11 is -0.712. The van der Waals surface area contributed by atoms with Crippen molar-refractivity contribution in [3.05, 3.63) is 95.8 Å². The number of nitrogens with zero attached hydrogens (tertiary/aromatic N) is 3. The Kier molecular flexibility index (Phi) is 6.01. The van der Waals surface area contributed by atoms with E-state index in [0.717, 1.165) is 24.0 Å². The van der Waals surface area contributed by atoms with Crippen LogP contribution in [0.3, 0.4) is 0 Å². The second-order valence-electron chi connectivity index (χ2n) is 7.34. The molecule has 3 aromatic rings. The van der Waals surface area contributed by atoms with Crippen molar-refractivity contribution >= 4 is 30.1 Å². The molecule has 0 aliphatic carbocycles. The van der Waals surface area contributed by atoms with Crippen LogP contribution in [0.15, 0.2) is 64.2 Å². The Hall–Kier alpha value is -2.52. The molecular formula is C23H24IN3O3. The van der Waals surface area contributed by atoms with E-state index >= 15 is 0 Å². The zero-order valence-electron chi connectivity index (χ0n) is 17.0. The minimum Gasteiger partial charge on any atom is -0.396 e. The van der Waals surface area contributed by atoms with Gasteiger partial charge in [0.25, 0.3) is 5.56 Å². The maximum absolute atomic E-state index is 13.4.